The van der Waals surface area contributed by atoms with Crippen molar-refractivity contribution in [1.82, 2.24) is 0 Å². The molecule has 4 unspecified atom stereocenters. The van der Waals surface area contributed by atoms with E-state index in [-0.39, 0.29) is 29.1 Å². The lowest BCUT2D eigenvalue weighted by molar-refractivity contribution is -0.327. The monoisotopic (exact) mass is 302 g/mol. The SMILES string of the molecule is COC1(OC)CC2C(=O)CC3Oc4ccc(C)cc4C3(C)C21. The Bertz CT molecular complexity index is 648. The van der Waals surface area contributed by atoms with Crippen LogP contribution in [-0.4, -0.2) is 31.9 Å². The number of methoxy groups -OCH3 is 2. The van der Waals surface area contributed by atoms with Gasteiger partial charge < -0.3 is 14.2 Å². The molecule has 22 heavy (non-hydrogen) atoms. The first-order valence-electron chi connectivity index (χ1n) is 7.87. The Hall–Kier alpha value is -1.39. The van der Waals surface area contributed by atoms with E-state index in [1.165, 1.54) is 11.1 Å². The standard InChI is InChI=1S/C18H22O4/c1-10-5-6-14-12(7-10)17(2)15(22-14)8-13(19)11-9-18(20-3,21-4)16(11)17/h5-7,11,15-16H,8-9H2,1-4H3. The van der Waals surface area contributed by atoms with Crippen molar-refractivity contribution in [2.75, 3.05) is 14.2 Å². The lowest BCUT2D eigenvalue weighted by Gasteiger charge is -2.61. The van der Waals surface area contributed by atoms with Crippen LogP contribution in [0.2, 0.25) is 0 Å². The molecule has 1 aromatic rings. The van der Waals surface area contributed by atoms with Crippen LogP contribution in [-0.2, 0) is 19.7 Å². The number of benzene rings is 1. The third kappa shape index (κ3) is 1.47. The molecule has 4 heteroatoms. The van der Waals surface area contributed by atoms with E-state index in [1.54, 1.807) is 14.2 Å². The molecule has 0 bridgehead atoms. The minimum Gasteiger partial charge on any atom is -0.489 e. The number of Topliss-reactive ketones (excluding diaryl/α,β-unsaturated/α-hetero) is 1. The summed E-state index contributed by atoms with van der Waals surface area (Å²) in [5.41, 5.74) is 2.15. The lowest BCUT2D eigenvalue weighted by atomic mass is 9.48. The number of ether oxygens (including phenoxy) is 3. The smallest absolute Gasteiger partial charge is 0.172 e. The van der Waals surface area contributed by atoms with Crippen molar-refractivity contribution in [2.45, 2.75) is 44.0 Å². The van der Waals surface area contributed by atoms with Crippen molar-refractivity contribution < 1.29 is 19.0 Å². The number of carbonyl (C=O) groups is 1. The van der Waals surface area contributed by atoms with Crippen LogP contribution in [0, 0.1) is 18.8 Å². The van der Waals surface area contributed by atoms with Crippen molar-refractivity contribution in [3.8, 4) is 5.75 Å². The van der Waals surface area contributed by atoms with Crippen molar-refractivity contribution in [3.05, 3.63) is 29.3 Å². The van der Waals surface area contributed by atoms with Gasteiger partial charge in [-0.15, -0.1) is 0 Å². The Morgan fingerprint density at radius 3 is 2.68 bits per heavy atom. The number of aryl methyl sites for hydroxylation is 1. The van der Waals surface area contributed by atoms with Crippen LogP contribution >= 0.6 is 0 Å². The maximum absolute atomic E-state index is 12.5. The van der Waals surface area contributed by atoms with E-state index in [4.69, 9.17) is 14.2 Å². The molecule has 2 saturated carbocycles. The second-order valence-electron chi connectivity index (χ2n) is 7.07. The minimum atomic E-state index is -0.678. The molecule has 2 fully saturated rings. The molecular weight excluding hydrogens is 280 g/mol. The predicted molar refractivity (Wildman–Crippen MR) is 80.9 cm³/mol. The topological polar surface area (TPSA) is 44.8 Å². The predicted octanol–water partition coefficient (Wildman–Crippen LogP) is 2.61. The summed E-state index contributed by atoms with van der Waals surface area (Å²) in [6, 6.07) is 6.27. The molecule has 1 heterocycles. The first kappa shape index (κ1) is 14.2. The van der Waals surface area contributed by atoms with Gasteiger partial charge in [-0.2, -0.15) is 0 Å². The zero-order chi connectivity index (χ0) is 15.7. The molecule has 4 rings (SSSR count). The Balaban J connectivity index is 1.88. The fourth-order valence-corrected chi connectivity index (χ4v) is 4.95. The fraction of sp³-hybridized carbons (Fsp3) is 0.611. The summed E-state index contributed by atoms with van der Waals surface area (Å²) in [5, 5.41) is 0. The Labute approximate surface area is 130 Å². The Morgan fingerprint density at radius 2 is 2.00 bits per heavy atom. The van der Waals surface area contributed by atoms with Crippen molar-refractivity contribution in [1.29, 1.82) is 0 Å². The van der Waals surface area contributed by atoms with Gasteiger partial charge in [0.1, 0.15) is 17.6 Å². The van der Waals surface area contributed by atoms with Crippen molar-refractivity contribution in [2.24, 2.45) is 11.8 Å². The molecule has 0 spiro atoms. The zero-order valence-electron chi connectivity index (χ0n) is 13.5. The summed E-state index contributed by atoms with van der Waals surface area (Å²) in [5.74, 6) is 0.518. The van der Waals surface area contributed by atoms with Crippen LogP contribution in [0.4, 0.5) is 0 Å². The van der Waals surface area contributed by atoms with E-state index >= 15 is 0 Å². The summed E-state index contributed by atoms with van der Waals surface area (Å²) in [6.45, 7) is 4.29. The van der Waals surface area contributed by atoms with Crippen LogP contribution in [0.3, 0.4) is 0 Å². The van der Waals surface area contributed by atoms with Gasteiger partial charge in [-0.05, 0) is 13.0 Å². The van der Waals surface area contributed by atoms with Crippen molar-refractivity contribution >= 4 is 5.78 Å². The molecular formula is C18H22O4. The molecule has 0 saturated heterocycles. The van der Waals surface area contributed by atoms with E-state index < -0.39 is 5.79 Å². The molecule has 0 amide bonds. The summed E-state index contributed by atoms with van der Waals surface area (Å²) in [4.78, 5) is 12.5. The van der Waals surface area contributed by atoms with Gasteiger partial charge >= 0.3 is 0 Å². The molecule has 0 aromatic heterocycles. The zero-order valence-corrected chi connectivity index (χ0v) is 13.5. The highest BCUT2D eigenvalue weighted by molar-refractivity contribution is 5.85. The highest BCUT2D eigenvalue weighted by Gasteiger charge is 2.71. The second kappa shape index (κ2) is 4.33. The first-order chi connectivity index (χ1) is 10.5. The molecule has 4 nitrogen and oxygen atoms in total. The molecule has 1 aromatic carbocycles. The molecule has 3 aliphatic rings. The minimum absolute atomic E-state index is 0.00398. The summed E-state index contributed by atoms with van der Waals surface area (Å²) in [6.07, 6.45) is 1.00. The fourth-order valence-electron chi connectivity index (χ4n) is 4.95. The van der Waals surface area contributed by atoms with E-state index in [0.29, 0.717) is 12.8 Å². The maximum Gasteiger partial charge on any atom is 0.172 e. The summed E-state index contributed by atoms with van der Waals surface area (Å²) in [7, 11) is 3.34. The summed E-state index contributed by atoms with van der Waals surface area (Å²) >= 11 is 0. The van der Waals surface area contributed by atoms with E-state index in [0.717, 1.165) is 5.75 Å². The molecule has 0 N–H and O–H groups in total. The van der Waals surface area contributed by atoms with Crippen LogP contribution in [0.25, 0.3) is 0 Å². The third-order valence-electron chi connectivity index (χ3n) is 6.17. The van der Waals surface area contributed by atoms with Crippen LogP contribution < -0.4 is 4.74 Å². The second-order valence-corrected chi connectivity index (χ2v) is 7.07. The van der Waals surface area contributed by atoms with Gasteiger partial charge in [0, 0.05) is 49.9 Å². The average Bonchev–Trinajstić information content (AvgIpc) is 2.72. The highest BCUT2D eigenvalue weighted by atomic mass is 16.7. The van der Waals surface area contributed by atoms with Gasteiger partial charge in [0.05, 0.1) is 0 Å². The number of fused-ring (bicyclic) bond motifs is 5. The number of carbonyl (C=O) groups excluding carboxylic acids is 1. The largest absolute Gasteiger partial charge is 0.489 e. The van der Waals surface area contributed by atoms with Gasteiger partial charge in [-0.3, -0.25) is 4.79 Å². The normalized spacial score (nSPS) is 37.6. The lowest BCUT2D eigenvalue weighted by Crippen LogP contribution is -2.70. The van der Waals surface area contributed by atoms with Gasteiger partial charge in [0.15, 0.2) is 5.79 Å². The van der Waals surface area contributed by atoms with Gasteiger partial charge in [0.25, 0.3) is 0 Å². The van der Waals surface area contributed by atoms with E-state index in [1.807, 2.05) is 6.07 Å². The van der Waals surface area contributed by atoms with Crippen LogP contribution in [0.5, 0.6) is 5.75 Å². The highest BCUT2D eigenvalue weighted by Crippen LogP contribution is 2.64. The molecule has 4 atom stereocenters. The van der Waals surface area contributed by atoms with Crippen LogP contribution in [0.15, 0.2) is 18.2 Å². The number of hydrogen-bond acceptors (Lipinski definition) is 4. The molecule has 1 aliphatic heterocycles. The van der Waals surface area contributed by atoms with Gasteiger partial charge in [-0.25, -0.2) is 0 Å². The Kier molecular flexibility index (Phi) is 2.80. The van der Waals surface area contributed by atoms with E-state index in [2.05, 4.69) is 26.0 Å². The quantitative estimate of drug-likeness (QED) is 0.788. The number of hydrogen-bond donors (Lipinski definition) is 0. The van der Waals surface area contributed by atoms with Crippen molar-refractivity contribution in [3.63, 3.8) is 0 Å². The maximum atomic E-state index is 12.5. The summed E-state index contributed by atoms with van der Waals surface area (Å²) < 4.78 is 17.6. The number of ketones is 1. The van der Waals surface area contributed by atoms with Crippen LogP contribution in [0.1, 0.15) is 30.9 Å². The average molecular weight is 302 g/mol. The molecule has 2 aliphatic carbocycles. The van der Waals surface area contributed by atoms with E-state index in [9.17, 15) is 4.79 Å². The first-order valence-corrected chi connectivity index (χ1v) is 7.87. The molecule has 118 valence electrons. The molecule has 0 radical (unpaired) electrons. The Morgan fingerprint density at radius 1 is 1.27 bits per heavy atom. The van der Waals surface area contributed by atoms with Gasteiger partial charge in [-0.1, -0.05) is 24.6 Å². The van der Waals surface area contributed by atoms with Gasteiger partial charge in [0.2, 0.25) is 0 Å². The number of rotatable bonds is 2. The third-order valence-corrected chi connectivity index (χ3v) is 6.17.